The second-order valence-electron chi connectivity index (χ2n) is 3.20. The van der Waals surface area contributed by atoms with E-state index in [-0.39, 0.29) is 11.5 Å². The number of benzene rings is 1. The van der Waals surface area contributed by atoms with E-state index in [0.717, 1.165) is 0 Å². The molecular formula is C11H7BrFNO2. The maximum Gasteiger partial charge on any atom is 0.352 e. The second kappa shape index (κ2) is 4.09. The van der Waals surface area contributed by atoms with Crippen LogP contribution in [0.15, 0.2) is 34.9 Å². The molecule has 0 fully saturated rings. The van der Waals surface area contributed by atoms with Gasteiger partial charge in [0, 0.05) is 16.2 Å². The predicted molar refractivity (Wildman–Crippen MR) is 60.8 cm³/mol. The molecule has 0 unspecified atom stereocenters. The topological polar surface area (TPSA) is 53.1 Å². The number of hydrogen-bond acceptors (Lipinski definition) is 1. The zero-order chi connectivity index (χ0) is 11.7. The summed E-state index contributed by atoms with van der Waals surface area (Å²) in [5.41, 5.74) is 1.26. The summed E-state index contributed by atoms with van der Waals surface area (Å²) in [5, 5.41) is 8.94. The van der Waals surface area contributed by atoms with Gasteiger partial charge in [-0.1, -0.05) is 22.0 Å². The molecule has 2 aromatic rings. The number of carboxylic acid groups (broad SMARTS) is 1. The fourth-order valence-corrected chi connectivity index (χ4v) is 2.04. The Labute approximate surface area is 99.1 Å². The molecule has 16 heavy (non-hydrogen) atoms. The lowest BCUT2D eigenvalue weighted by Gasteiger charge is -2.03. The minimum atomic E-state index is -1.05. The fraction of sp³-hybridized carbons (Fsp3) is 0. The smallest absolute Gasteiger partial charge is 0.352 e. The standard InChI is InChI=1S/C11H7BrFNO2/c12-9-5-6(13)1-2-7(9)8-3-4-14-10(8)11(15)16/h1-5,14H,(H,15,16). The van der Waals surface area contributed by atoms with Gasteiger partial charge in [-0.2, -0.15) is 0 Å². The van der Waals surface area contributed by atoms with Crippen LogP contribution in [0.5, 0.6) is 0 Å². The van der Waals surface area contributed by atoms with Crippen LogP contribution in [0.2, 0.25) is 0 Å². The molecule has 2 rings (SSSR count). The van der Waals surface area contributed by atoms with Crippen LogP contribution in [0.3, 0.4) is 0 Å². The molecule has 0 saturated heterocycles. The van der Waals surface area contributed by atoms with E-state index in [4.69, 9.17) is 5.11 Å². The highest BCUT2D eigenvalue weighted by Gasteiger charge is 2.14. The Kier molecular flexibility index (Phi) is 2.78. The van der Waals surface area contributed by atoms with Gasteiger partial charge in [0.25, 0.3) is 0 Å². The maximum atomic E-state index is 12.9. The molecule has 0 spiro atoms. The number of nitrogens with one attached hydrogen (secondary N) is 1. The number of aromatic amines is 1. The molecule has 0 atom stereocenters. The third-order valence-corrected chi connectivity index (χ3v) is 2.84. The molecule has 0 radical (unpaired) electrons. The van der Waals surface area contributed by atoms with Gasteiger partial charge in [-0.05, 0) is 23.8 Å². The van der Waals surface area contributed by atoms with Crippen molar-refractivity contribution in [3.63, 3.8) is 0 Å². The third kappa shape index (κ3) is 1.86. The number of rotatable bonds is 2. The average Bonchev–Trinajstić information content (AvgIpc) is 2.66. The minimum Gasteiger partial charge on any atom is -0.477 e. The molecule has 1 aromatic heterocycles. The van der Waals surface area contributed by atoms with Gasteiger partial charge in [-0.3, -0.25) is 0 Å². The van der Waals surface area contributed by atoms with E-state index in [9.17, 15) is 9.18 Å². The lowest BCUT2D eigenvalue weighted by molar-refractivity contribution is 0.0692. The van der Waals surface area contributed by atoms with E-state index < -0.39 is 5.97 Å². The lowest BCUT2D eigenvalue weighted by atomic mass is 10.1. The van der Waals surface area contributed by atoms with Crippen LogP contribution in [0, 0.1) is 5.82 Å². The second-order valence-corrected chi connectivity index (χ2v) is 4.05. The van der Waals surface area contributed by atoms with Gasteiger partial charge in [0.15, 0.2) is 0 Å². The first-order valence-electron chi connectivity index (χ1n) is 4.45. The third-order valence-electron chi connectivity index (χ3n) is 2.18. The molecule has 3 nitrogen and oxygen atoms in total. The first-order chi connectivity index (χ1) is 7.59. The van der Waals surface area contributed by atoms with Gasteiger partial charge in [-0.25, -0.2) is 9.18 Å². The van der Waals surface area contributed by atoms with E-state index in [2.05, 4.69) is 20.9 Å². The molecule has 0 saturated carbocycles. The summed E-state index contributed by atoms with van der Waals surface area (Å²) in [5.74, 6) is -1.42. The summed E-state index contributed by atoms with van der Waals surface area (Å²) in [4.78, 5) is 13.5. The van der Waals surface area contributed by atoms with Crippen LogP contribution in [0.1, 0.15) is 10.5 Å². The van der Waals surface area contributed by atoms with Crippen LogP contribution in [-0.2, 0) is 0 Å². The zero-order valence-electron chi connectivity index (χ0n) is 8.00. The van der Waals surface area contributed by atoms with E-state index in [0.29, 0.717) is 15.6 Å². The average molecular weight is 284 g/mol. The quantitative estimate of drug-likeness (QED) is 0.889. The number of carboxylic acids is 1. The highest BCUT2D eigenvalue weighted by atomic mass is 79.9. The summed E-state index contributed by atoms with van der Waals surface area (Å²) in [6.45, 7) is 0. The highest BCUT2D eigenvalue weighted by molar-refractivity contribution is 9.10. The van der Waals surface area contributed by atoms with Crippen molar-refractivity contribution < 1.29 is 14.3 Å². The number of carbonyl (C=O) groups is 1. The fourth-order valence-electron chi connectivity index (χ4n) is 1.48. The SMILES string of the molecule is O=C(O)c1[nH]ccc1-c1ccc(F)cc1Br. The van der Waals surface area contributed by atoms with Crippen molar-refractivity contribution in [1.82, 2.24) is 4.98 Å². The predicted octanol–water partition coefficient (Wildman–Crippen LogP) is 3.28. The number of halogens is 2. The normalized spacial score (nSPS) is 10.4. The van der Waals surface area contributed by atoms with Crippen molar-refractivity contribution in [3.05, 3.63) is 46.4 Å². The summed E-state index contributed by atoms with van der Waals surface area (Å²) >= 11 is 3.20. The number of aromatic nitrogens is 1. The summed E-state index contributed by atoms with van der Waals surface area (Å²) in [6, 6.07) is 5.77. The molecule has 5 heteroatoms. The molecule has 1 heterocycles. The van der Waals surface area contributed by atoms with Gasteiger partial charge in [0.05, 0.1) is 0 Å². The molecular weight excluding hydrogens is 277 g/mol. The van der Waals surface area contributed by atoms with Crippen LogP contribution < -0.4 is 0 Å². The molecule has 0 bridgehead atoms. The zero-order valence-corrected chi connectivity index (χ0v) is 9.58. The summed E-state index contributed by atoms with van der Waals surface area (Å²) in [7, 11) is 0. The van der Waals surface area contributed by atoms with E-state index in [1.165, 1.54) is 24.4 Å². The summed E-state index contributed by atoms with van der Waals surface area (Å²) < 4.78 is 13.4. The van der Waals surface area contributed by atoms with Gasteiger partial charge < -0.3 is 10.1 Å². The molecule has 0 amide bonds. The first-order valence-corrected chi connectivity index (χ1v) is 5.25. The van der Waals surface area contributed by atoms with Crippen molar-refractivity contribution in [2.75, 3.05) is 0 Å². The van der Waals surface area contributed by atoms with Gasteiger partial charge in [0.2, 0.25) is 0 Å². The molecule has 0 aliphatic rings. The van der Waals surface area contributed by atoms with Crippen LogP contribution in [0.25, 0.3) is 11.1 Å². The molecule has 0 aliphatic heterocycles. The van der Waals surface area contributed by atoms with Crippen molar-refractivity contribution in [2.45, 2.75) is 0 Å². The lowest BCUT2D eigenvalue weighted by Crippen LogP contribution is -1.98. The van der Waals surface area contributed by atoms with Crippen LogP contribution >= 0.6 is 15.9 Å². The Bertz CT molecular complexity index is 551. The van der Waals surface area contributed by atoms with E-state index in [1.807, 2.05) is 0 Å². The first kappa shape index (κ1) is 10.9. The van der Waals surface area contributed by atoms with Crippen LogP contribution in [0.4, 0.5) is 4.39 Å². The Balaban J connectivity index is 2.59. The van der Waals surface area contributed by atoms with Crippen LogP contribution in [-0.4, -0.2) is 16.1 Å². The largest absolute Gasteiger partial charge is 0.477 e. The molecule has 0 aliphatic carbocycles. The van der Waals surface area contributed by atoms with Gasteiger partial charge >= 0.3 is 5.97 Å². The monoisotopic (exact) mass is 283 g/mol. The Morgan fingerprint density at radius 1 is 1.31 bits per heavy atom. The van der Waals surface area contributed by atoms with Crippen molar-refractivity contribution in [1.29, 1.82) is 0 Å². The molecule has 2 N–H and O–H groups in total. The molecule has 82 valence electrons. The Morgan fingerprint density at radius 2 is 2.06 bits per heavy atom. The van der Waals surface area contributed by atoms with Crippen molar-refractivity contribution in [2.24, 2.45) is 0 Å². The minimum absolute atomic E-state index is 0.0901. The van der Waals surface area contributed by atoms with E-state index >= 15 is 0 Å². The van der Waals surface area contributed by atoms with Gasteiger partial charge in [-0.15, -0.1) is 0 Å². The number of hydrogen-bond donors (Lipinski definition) is 2. The number of aromatic carboxylic acids is 1. The number of H-pyrrole nitrogens is 1. The van der Waals surface area contributed by atoms with Crippen molar-refractivity contribution >= 4 is 21.9 Å². The Hall–Kier alpha value is -1.62. The Morgan fingerprint density at radius 3 is 2.69 bits per heavy atom. The molecule has 1 aromatic carbocycles. The van der Waals surface area contributed by atoms with Crippen molar-refractivity contribution in [3.8, 4) is 11.1 Å². The van der Waals surface area contributed by atoms with E-state index in [1.54, 1.807) is 6.07 Å². The highest BCUT2D eigenvalue weighted by Crippen LogP contribution is 2.30. The summed E-state index contributed by atoms with van der Waals surface area (Å²) in [6.07, 6.45) is 1.54. The van der Waals surface area contributed by atoms with Gasteiger partial charge in [0.1, 0.15) is 11.5 Å². The maximum absolute atomic E-state index is 12.9.